The molecule has 198 valence electrons. The highest BCUT2D eigenvalue weighted by Gasteiger charge is 2.13. The summed E-state index contributed by atoms with van der Waals surface area (Å²) < 4.78 is 16.5. The van der Waals surface area contributed by atoms with Crippen LogP contribution in [0.2, 0.25) is 0 Å². The average Bonchev–Trinajstić information content (AvgIpc) is 2.90. The first-order valence-corrected chi connectivity index (χ1v) is 12.2. The Morgan fingerprint density at radius 1 is 0.816 bits per heavy atom. The zero-order valence-corrected chi connectivity index (χ0v) is 22.4. The van der Waals surface area contributed by atoms with Gasteiger partial charge in [0.2, 0.25) is 0 Å². The van der Waals surface area contributed by atoms with Crippen LogP contribution < -0.4 is 14.2 Å². The second kappa shape index (κ2) is 12.7. The summed E-state index contributed by atoms with van der Waals surface area (Å²) in [7, 11) is 3.02. The highest BCUT2D eigenvalue weighted by Crippen LogP contribution is 2.30. The quantitative estimate of drug-likeness (QED) is 0.172. The third-order valence-electron chi connectivity index (χ3n) is 5.78. The SMILES string of the molecule is COc1cc(/C=C/C(=O)/C=C(O)/C=C/c2ccc(OCc3ccc(C(C)(C)C)cc3)c(OC)c2)ccc1O. The van der Waals surface area contributed by atoms with E-state index in [-0.39, 0.29) is 16.9 Å². The molecule has 2 N–H and O–H groups in total. The predicted octanol–water partition coefficient (Wildman–Crippen LogP) is 7.02. The minimum absolute atomic E-state index is 0.0146. The summed E-state index contributed by atoms with van der Waals surface area (Å²) in [5.41, 5.74) is 3.86. The van der Waals surface area contributed by atoms with E-state index in [1.54, 1.807) is 37.5 Å². The van der Waals surface area contributed by atoms with Crippen LogP contribution in [0.3, 0.4) is 0 Å². The molecule has 38 heavy (non-hydrogen) atoms. The lowest BCUT2D eigenvalue weighted by atomic mass is 9.87. The maximum Gasteiger partial charge on any atom is 0.182 e. The molecule has 6 nitrogen and oxygen atoms in total. The van der Waals surface area contributed by atoms with Crippen LogP contribution in [0.1, 0.15) is 43.0 Å². The van der Waals surface area contributed by atoms with E-state index in [1.165, 1.54) is 30.9 Å². The van der Waals surface area contributed by atoms with Gasteiger partial charge in [0, 0.05) is 6.08 Å². The van der Waals surface area contributed by atoms with Gasteiger partial charge in [0.15, 0.2) is 28.8 Å². The number of aliphatic hydroxyl groups excluding tert-OH is 1. The molecule has 0 aliphatic carbocycles. The Balaban J connectivity index is 1.61. The van der Waals surface area contributed by atoms with Gasteiger partial charge in [-0.1, -0.05) is 69.3 Å². The molecule has 0 atom stereocenters. The number of carbonyl (C=O) groups is 1. The highest BCUT2D eigenvalue weighted by atomic mass is 16.5. The average molecular weight is 515 g/mol. The van der Waals surface area contributed by atoms with Crippen molar-refractivity contribution >= 4 is 17.9 Å². The van der Waals surface area contributed by atoms with Crippen molar-refractivity contribution in [1.29, 1.82) is 0 Å². The van der Waals surface area contributed by atoms with Crippen LogP contribution in [0.25, 0.3) is 12.2 Å². The lowest BCUT2D eigenvalue weighted by molar-refractivity contribution is -0.110. The zero-order valence-electron chi connectivity index (χ0n) is 22.4. The van der Waals surface area contributed by atoms with E-state index in [1.807, 2.05) is 12.1 Å². The second-order valence-corrected chi connectivity index (χ2v) is 9.72. The van der Waals surface area contributed by atoms with Gasteiger partial charge >= 0.3 is 0 Å². The molecular formula is C32H34O6. The molecule has 3 aromatic rings. The standard InChI is InChI=1S/C32H34O6/c1-32(2,3)25-12-6-24(7-13-25)21-38-29-17-11-23(19-31(29)37-5)9-15-27(34)20-26(33)14-8-22-10-16-28(35)30(18-22)36-4/h6-20,34-35H,21H2,1-5H3/b14-8+,15-9+,27-20-. The van der Waals surface area contributed by atoms with Crippen LogP contribution in [0, 0.1) is 0 Å². The molecule has 3 rings (SSSR count). The Morgan fingerprint density at radius 3 is 2.05 bits per heavy atom. The lowest BCUT2D eigenvalue weighted by Gasteiger charge is -2.19. The second-order valence-electron chi connectivity index (χ2n) is 9.72. The third-order valence-corrected chi connectivity index (χ3v) is 5.78. The van der Waals surface area contributed by atoms with Crippen molar-refractivity contribution in [2.24, 2.45) is 0 Å². The molecule has 0 radical (unpaired) electrons. The number of phenols is 1. The van der Waals surface area contributed by atoms with E-state index < -0.39 is 5.78 Å². The zero-order chi connectivity index (χ0) is 27.7. The molecule has 0 aliphatic heterocycles. The van der Waals surface area contributed by atoms with Crippen molar-refractivity contribution in [3.63, 3.8) is 0 Å². The molecular weight excluding hydrogens is 480 g/mol. The number of hydrogen-bond donors (Lipinski definition) is 2. The Bertz CT molecular complexity index is 1340. The molecule has 0 saturated heterocycles. The molecule has 3 aromatic carbocycles. The summed E-state index contributed by atoms with van der Waals surface area (Å²) in [6, 6.07) is 18.5. The smallest absolute Gasteiger partial charge is 0.182 e. The summed E-state index contributed by atoms with van der Waals surface area (Å²) in [4.78, 5) is 12.2. The number of aliphatic hydroxyl groups is 1. The third kappa shape index (κ3) is 8.03. The number of methoxy groups -OCH3 is 2. The minimum atomic E-state index is -0.393. The maximum atomic E-state index is 12.2. The van der Waals surface area contributed by atoms with Crippen LogP contribution in [-0.4, -0.2) is 30.2 Å². The topological polar surface area (TPSA) is 85.2 Å². The number of allylic oxidation sites excluding steroid dienone is 3. The fourth-order valence-electron chi connectivity index (χ4n) is 3.57. The van der Waals surface area contributed by atoms with Crippen molar-refractivity contribution < 1.29 is 29.2 Å². The first-order chi connectivity index (χ1) is 18.1. The molecule has 0 fully saturated rings. The fourth-order valence-corrected chi connectivity index (χ4v) is 3.57. The van der Waals surface area contributed by atoms with Crippen LogP contribution in [0.4, 0.5) is 0 Å². The molecule has 0 heterocycles. The van der Waals surface area contributed by atoms with E-state index >= 15 is 0 Å². The van der Waals surface area contributed by atoms with Crippen molar-refractivity contribution in [2.45, 2.75) is 32.8 Å². The van der Waals surface area contributed by atoms with E-state index in [2.05, 4.69) is 45.0 Å². The van der Waals surface area contributed by atoms with Crippen molar-refractivity contribution in [3.8, 4) is 23.0 Å². The van der Waals surface area contributed by atoms with Gasteiger partial charge in [-0.05, 0) is 64.1 Å². The fraction of sp³-hybridized carbons (Fsp3) is 0.219. The maximum absolute atomic E-state index is 12.2. The molecule has 0 unspecified atom stereocenters. The highest BCUT2D eigenvalue weighted by molar-refractivity contribution is 6.02. The summed E-state index contributed by atoms with van der Waals surface area (Å²) >= 11 is 0. The largest absolute Gasteiger partial charge is 0.508 e. The monoisotopic (exact) mass is 514 g/mol. The number of hydrogen-bond acceptors (Lipinski definition) is 6. The van der Waals surface area contributed by atoms with Crippen molar-refractivity contribution in [1.82, 2.24) is 0 Å². The molecule has 0 saturated carbocycles. The van der Waals surface area contributed by atoms with E-state index in [0.717, 1.165) is 17.2 Å². The Labute approximate surface area is 224 Å². The van der Waals surface area contributed by atoms with Crippen LogP contribution >= 0.6 is 0 Å². The Kier molecular flexibility index (Phi) is 9.39. The summed E-state index contributed by atoms with van der Waals surface area (Å²) in [6.07, 6.45) is 7.11. The summed E-state index contributed by atoms with van der Waals surface area (Å²) in [5.74, 6) is 0.904. The molecule has 0 amide bonds. The molecule has 0 spiro atoms. The van der Waals surface area contributed by atoms with Gasteiger partial charge in [-0.15, -0.1) is 0 Å². The number of phenolic OH excluding ortho intramolecular Hbond substituents is 1. The lowest BCUT2D eigenvalue weighted by Crippen LogP contribution is -2.10. The van der Waals surface area contributed by atoms with Gasteiger partial charge in [-0.3, -0.25) is 4.79 Å². The first-order valence-electron chi connectivity index (χ1n) is 12.2. The number of ether oxygens (including phenoxy) is 3. The molecule has 0 aromatic heterocycles. The number of benzene rings is 3. The molecule has 6 heteroatoms. The minimum Gasteiger partial charge on any atom is -0.508 e. The van der Waals surface area contributed by atoms with Crippen molar-refractivity contribution in [3.05, 3.63) is 107 Å². The summed E-state index contributed by atoms with van der Waals surface area (Å²) in [6.45, 7) is 6.95. The van der Waals surface area contributed by atoms with Gasteiger partial charge in [0.25, 0.3) is 0 Å². The van der Waals surface area contributed by atoms with Gasteiger partial charge in [0.1, 0.15) is 12.4 Å². The Morgan fingerprint density at radius 2 is 1.42 bits per heavy atom. The van der Waals surface area contributed by atoms with Gasteiger partial charge < -0.3 is 24.4 Å². The van der Waals surface area contributed by atoms with E-state index in [0.29, 0.717) is 29.4 Å². The number of ketones is 1. The van der Waals surface area contributed by atoms with E-state index in [4.69, 9.17) is 14.2 Å². The molecule has 0 bridgehead atoms. The van der Waals surface area contributed by atoms with Crippen molar-refractivity contribution in [2.75, 3.05) is 14.2 Å². The van der Waals surface area contributed by atoms with Gasteiger partial charge in [0.05, 0.1) is 14.2 Å². The summed E-state index contributed by atoms with van der Waals surface area (Å²) in [5, 5.41) is 19.8. The van der Waals surface area contributed by atoms with Gasteiger partial charge in [-0.2, -0.15) is 0 Å². The van der Waals surface area contributed by atoms with Crippen LogP contribution in [0.5, 0.6) is 23.0 Å². The first kappa shape index (κ1) is 28.1. The van der Waals surface area contributed by atoms with Gasteiger partial charge in [-0.25, -0.2) is 0 Å². The number of rotatable bonds is 10. The number of aromatic hydroxyl groups is 1. The van der Waals surface area contributed by atoms with E-state index in [9.17, 15) is 15.0 Å². The number of carbonyl (C=O) groups excluding carboxylic acids is 1. The molecule has 0 aliphatic rings. The van der Waals surface area contributed by atoms with Crippen LogP contribution in [-0.2, 0) is 16.8 Å². The van der Waals surface area contributed by atoms with Crippen LogP contribution in [0.15, 0.2) is 84.7 Å². The Hall–Kier alpha value is -4.45. The predicted molar refractivity (Wildman–Crippen MR) is 151 cm³/mol. The normalized spacial score (nSPS) is 12.2.